The minimum atomic E-state index is -0.201. The van der Waals surface area contributed by atoms with Gasteiger partial charge >= 0.3 is 0 Å². The van der Waals surface area contributed by atoms with Crippen LogP contribution in [0, 0.1) is 0 Å². The van der Waals surface area contributed by atoms with Crippen LogP contribution in [0.2, 0.25) is 15.3 Å². The molecule has 3 rings (SSSR count). The van der Waals surface area contributed by atoms with Crippen LogP contribution < -0.4 is 4.90 Å². The molecule has 0 bridgehead atoms. The van der Waals surface area contributed by atoms with Crippen LogP contribution in [0.15, 0.2) is 35.2 Å². The summed E-state index contributed by atoms with van der Waals surface area (Å²) in [7, 11) is 0. The van der Waals surface area contributed by atoms with E-state index in [9.17, 15) is 4.79 Å². The summed E-state index contributed by atoms with van der Waals surface area (Å²) in [5.41, 5.74) is 1.13. The number of carbonyl (C=O) groups excluding carboxylic acids is 1. The number of hydrogen-bond donors (Lipinski definition) is 0. The molecule has 0 saturated heterocycles. The highest BCUT2D eigenvalue weighted by Gasteiger charge is 2.26. The highest BCUT2D eigenvalue weighted by atomic mass is 35.5. The lowest BCUT2D eigenvalue weighted by atomic mass is 10.2. The van der Waals surface area contributed by atoms with E-state index in [1.807, 2.05) is 12.1 Å². The van der Waals surface area contributed by atoms with E-state index in [0.29, 0.717) is 17.1 Å². The maximum atomic E-state index is 12.7. The molecule has 0 radical (unpaired) electrons. The summed E-state index contributed by atoms with van der Waals surface area (Å²) in [6, 6.07) is 8.67. The van der Waals surface area contributed by atoms with Crippen molar-refractivity contribution in [3.05, 3.63) is 51.2 Å². The van der Waals surface area contributed by atoms with Crippen LogP contribution in [-0.2, 0) is 0 Å². The Morgan fingerprint density at radius 1 is 1.19 bits per heavy atom. The molecule has 0 unspecified atom stereocenters. The number of halogens is 3. The predicted octanol–water partition coefficient (Wildman–Crippen LogP) is 4.79. The molecule has 1 aliphatic heterocycles. The number of rotatable bonds is 1. The summed E-state index contributed by atoms with van der Waals surface area (Å²) in [6.45, 7) is 0.593. The van der Waals surface area contributed by atoms with Crippen LogP contribution in [-0.4, -0.2) is 23.2 Å². The zero-order valence-corrected chi connectivity index (χ0v) is 13.7. The van der Waals surface area contributed by atoms with Gasteiger partial charge < -0.3 is 4.90 Å². The molecule has 2 heterocycles. The van der Waals surface area contributed by atoms with E-state index in [1.165, 1.54) is 0 Å². The molecular formula is C14H9Cl3N2OS. The number of hydrogen-bond acceptors (Lipinski definition) is 3. The van der Waals surface area contributed by atoms with Gasteiger partial charge in [-0.3, -0.25) is 4.79 Å². The van der Waals surface area contributed by atoms with Gasteiger partial charge in [0.05, 0.1) is 11.3 Å². The number of anilines is 1. The Hall–Kier alpha value is -0.940. The predicted molar refractivity (Wildman–Crippen MR) is 88.1 cm³/mol. The first kappa shape index (κ1) is 15.0. The van der Waals surface area contributed by atoms with Gasteiger partial charge in [-0.05, 0) is 30.3 Å². The number of benzene rings is 1. The fourth-order valence-corrected chi connectivity index (χ4v) is 3.69. The van der Waals surface area contributed by atoms with Crippen LogP contribution >= 0.6 is 46.6 Å². The molecule has 0 spiro atoms. The molecule has 0 saturated carbocycles. The molecule has 0 aliphatic carbocycles. The monoisotopic (exact) mass is 358 g/mol. The molecule has 2 aromatic rings. The van der Waals surface area contributed by atoms with Crippen molar-refractivity contribution >= 4 is 58.2 Å². The molecule has 108 valence electrons. The average Bonchev–Trinajstić information content (AvgIpc) is 2.46. The summed E-state index contributed by atoms with van der Waals surface area (Å²) < 4.78 is 0. The highest BCUT2D eigenvalue weighted by Crippen LogP contribution is 2.37. The van der Waals surface area contributed by atoms with Crippen LogP contribution in [0.1, 0.15) is 10.4 Å². The van der Waals surface area contributed by atoms with E-state index in [4.69, 9.17) is 34.8 Å². The summed E-state index contributed by atoms with van der Waals surface area (Å²) >= 11 is 19.5. The molecule has 0 atom stereocenters. The van der Waals surface area contributed by atoms with E-state index >= 15 is 0 Å². The van der Waals surface area contributed by atoms with Gasteiger partial charge in [-0.1, -0.05) is 34.8 Å². The van der Waals surface area contributed by atoms with Crippen LogP contribution in [0.25, 0.3) is 0 Å². The molecule has 1 aromatic heterocycles. The van der Waals surface area contributed by atoms with E-state index < -0.39 is 0 Å². The normalized spacial score (nSPS) is 14.0. The van der Waals surface area contributed by atoms with Crippen molar-refractivity contribution in [2.45, 2.75) is 4.90 Å². The Balaban J connectivity index is 2.02. The first-order valence-corrected chi connectivity index (χ1v) is 8.24. The molecule has 0 fully saturated rings. The number of pyridine rings is 1. The number of amides is 1. The molecule has 0 N–H and O–H groups in total. The minimum Gasteiger partial charge on any atom is -0.306 e. The Bertz CT molecular complexity index is 723. The Morgan fingerprint density at radius 2 is 2.00 bits per heavy atom. The maximum Gasteiger partial charge on any atom is 0.261 e. The molecular weight excluding hydrogens is 351 g/mol. The first-order valence-electron chi connectivity index (χ1n) is 6.12. The molecule has 1 aliphatic rings. The van der Waals surface area contributed by atoms with Crippen molar-refractivity contribution in [3.8, 4) is 0 Å². The Kier molecular flexibility index (Phi) is 4.31. The van der Waals surface area contributed by atoms with Gasteiger partial charge in [0.2, 0.25) is 0 Å². The van der Waals surface area contributed by atoms with Gasteiger partial charge in [0.1, 0.15) is 10.3 Å². The largest absolute Gasteiger partial charge is 0.306 e. The van der Waals surface area contributed by atoms with E-state index in [0.717, 1.165) is 16.3 Å². The Morgan fingerprint density at radius 3 is 2.76 bits per heavy atom. The summed E-state index contributed by atoms with van der Waals surface area (Å²) in [5, 5.41) is 0.956. The zero-order chi connectivity index (χ0) is 15.0. The van der Waals surface area contributed by atoms with Crippen molar-refractivity contribution in [2.75, 3.05) is 17.2 Å². The van der Waals surface area contributed by atoms with E-state index in [2.05, 4.69) is 4.98 Å². The smallest absolute Gasteiger partial charge is 0.261 e. The SMILES string of the molecule is O=C(c1ccc(Cl)nc1Cl)N1CCSc2ccc(Cl)cc21. The maximum absolute atomic E-state index is 12.7. The van der Waals surface area contributed by atoms with Crippen LogP contribution in [0.5, 0.6) is 0 Å². The third kappa shape index (κ3) is 2.99. The lowest BCUT2D eigenvalue weighted by Gasteiger charge is -2.29. The summed E-state index contributed by atoms with van der Waals surface area (Å²) in [4.78, 5) is 19.3. The first-order chi connectivity index (χ1) is 10.1. The molecule has 1 amide bonds. The van der Waals surface area contributed by atoms with Crippen molar-refractivity contribution < 1.29 is 4.79 Å². The number of carbonyl (C=O) groups is 1. The standard InChI is InChI=1S/C14H9Cl3N2OS/c15-8-1-3-11-10(7-8)19(5-6-21-11)14(20)9-2-4-12(16)18-13(9)17/h1-4,7H,5-6H2. The summed E-state index contributed by atoms with van der Waals surface area (Å²) in [6.07, 6.45) is 0. The topological polar surface area (TPSA) is 33.2 Å². The van der Waals surface area contributed by atoms with Gasteiger partial charge in [-0.2, -0.15) is 0 Å². The number of nitrogens with zero attached hydrogens (tertiary/aromatic N) is 2. The summed E-state index contributed by atoms with van der Waals surface area (Å²) in [5.74, 6) is 0.618. The van der Waals surface area contributed by atoms with Gasteiger partial charge in [-0.25, -0.2) is 4.98 Å². The fraction of sp³-hybridized carbons (Fsp3) is 0.143. The van der Waals surface area contributed by atoms with Gasteiger partial charge in [-0.15, -0.1) is 11.8 Å². The number of aromatic nitrogens is 1. The van der Waals surface area contributed by atoms with E-state index in [1.54, 1.807) is 34.9 Å². The molecule has 7 heteroatoms. The van der Waals surface area contributed by atoms with Crippen molar-refractivity contribution in [2.24, 2.45) is 0 Å². The van der Waals surface area contributed by atoms with Gasteiger partial charge in [0, 0.05) is 22.2 Å². The third-order valence-corrected chi connectivity index (χ3v) is 4.85. The molecule has 1 aromatic carbocycles. The minimum absolute atomic E-state index is 0.106. The lowest BCUT2D eigenvalue weighted by molar-refractivity contribution is 0.0987. The third-order valence-electron chi connectivity index (χ3n) is 3.07. The second kappa shape index (κ2) is 6.05. The fourth-order valence-electron chi connectivity index (χ4n) is 2.12. The van der Waals surface area contributed by atoms with Gasteiger partial charge in [0.15, 0.2) is 0 Å². The van der Waals surface area contributed by atoms with E-state index in [-0.39, 0.29) is 16.2 Å². The van der Waals surface area contributed by atoms with Crippen LogP contribution in [0.4, 0.5) is 5.69 Å². The lowest BCUT2D eigenvalue weighted by Crippen LogP contribution is -2.35. The Labute approximate surface area is 141 Å². The van der Waals surface area contributed by atoms with Crippen molar-refractivity contribution in [1.82, 2.24) is 4.98 Å². The number of fused-ring (bicyclic) bond motifs is 1. The molecule has 3 nitrogen and oxygen atoms in total. The van der Waals surface area contributed by atoms with Crippen molar-refractivity contribution in [1.29, 1.82) is 0 Å². The number of thioether (sulfide) groups is 1. The second-order valence-electron chi connectivity index (χ2n) is 4.39. The van der Waals surface area contributed by atoms with Gasteiger partial charge in [0.25, 0.3) is 5.91 Å². The second-order valence-corrected chi connectivity index (χ2v) is 6.71. The average molecular weight is 360 g/mol. The molecule has 21 heavy (non-hydrogen) atoms. The highest BCUT2D eigenvalue weighted by molar-refractivity contribution is 7.99. The zero-order valence-electron chi connectivity index (χ0n) is 10.6. The quantitative estimate of drug-likeness (QED) is 0.686. The van der Waals surface area contributed by atoms with Crippen molar-refractivity contribution in [3.63, 3.8) is 0 Å². The van der Waals surface area contributed by atoms with Crippen LogP contribution in [0.3, 0.4) is 0 Å².